The van der Waals surface area contributed by atoms with E-state index in [2.05, 4.69) is 10.6 Å². The molecule has 0 aromatic carbocycles. The SMILES string of the molecule is CCC[C@H](NC=O)C(O)(O)C(=O)NC1CC1. The lowest BCUT2D eigenvalue weighted by atomic mass is 10.0. The van der Waals surface area contributed by atoms with Crippen LogP contribution in [-0.2, 0) is 9.59 Å². The topological polar surface area (TPSA) is 98.7 Å². The van der Waals surface area contributed by atoms with Crippen molar-refractivity contribution in [1.82, 2.24) is 10.6 Å². The fraction of sp³-hybridized carbons (Fsp3) is 0.800. The van der Waals surface area contributed by atoms with Gasteiger partial charge in [-0.25, -0.2) is 0 Å². The molecule has 0 spiro atoms. The number of hydrogen-bond donors (Lipinski definition) is 4. The van der Waals surface area contributed by atoms with Gasteiger partial charge in [-0.1, -0.05) is 13.3 Å². The molecule has 6 heteroatoms. The van der Waals surface area contributed by atoms with E-state index in [-0.39, 0.29) is 6.04 Å². The molecule has 4 N–H and O–H groups in total. The van der Waals surface area contributed by atoms with E-state index >= 15 is 0 Å². The second-order valence-electron chi connectivity index (χ2n) is 4.10. The Morgan fingerprint density at radius 3 is 2.62 bits per heavy atom. The standard InChI is InChI=1S/C10H18N2O4/c1-2-3-8(11-6-13)10(15,16)9(14)12-7-4-5-7/h6-8,15-16H,2-5H2,1H3,(H,11,13)(H,12,14)/t8-/m0/s1. The molecule has 1 fully saturated rings. The molecule has 0 heterocycles. The lowest BCUT2D eigenvalue weighted by Gasteiger charge is -2.29. The highest BCUT2D eigenvalue weighted by atomic mass is 16.5. The van der Waals surface area contributed by atoms with Gasteiger partial charge in [0.05, 0.1) is 6.04 Å². The second kappa shape index (κ2) is 5.27. The molecule has 6 nitrogen and oxygen atoms in total. The van der Waals surface area contributed by atoms with Gasteiger partial charge in [0, 0.05) is 6.04 Å². The van der Waals surface area contributed by atoms with E-state index in [0.717, 1.165) is 12.8 Å². The van der Waals surface area contributed by atoms with Crippen LogP contribution in [0.1, 0.15) is 32.6 Å². The van der Waals surface area contributed by atoms with E-state index in [9.17, 15) is 19.8 Å². The van der Waals surface area contributed by atoms with Gasteiger partial charge in [0.15, 0.2) is 0 Å². The Balaban J connectivity index is 2.60. The van der Waals surface area contributed by atoms with Crippen molar-refractivity contribution in [3.8, 4) is 0 Å². The van der Waals surface area contributed by atoms with Crippen molar-refractivity contribution in [3.05, 3.63) is 0 Å². The first-order valence-electron chi connectivity index (χ1n) is 5.47. The molecule has 0 aromatic rings. The van der Waals surface area contributed by atoms with Crippen molar-refractivity contribution in [1.29, 1.82) is 0 Å². The van der Waals surface area contributed by atoms with E-state index in [1.807, 2.05) is 6.92 Å². The molecule has 1 saturated carbocycles. The number of hydrogen-bond acceptors (Lipinski definition) is 4. The Labute approximate surface area is 94.0 Å². The molecule has 0 radical (unpaired) electrons. The molecular weight excluding hydrogens is 212 g/mol. The minimum Gasteiger partial charge on any atom is -0.357 e. The number of rotatable bonds is 7. The van der Waals surface area contributed by atoms with E-state index in [4.69, 9.17) is 0 Å². The number of aliphatic hydroxyl groups is 2. The summed E-state index contributed by atoms with van der Waals surface area (Å²) in [6.45, 7) is 1.83. The van der Waals surface area contributed by atoms with Crippen LogP contribution in [0.15, 0.2) is 0 Å². The predicted molar refractivity (Wildman–Crippen MR) is 56.2 cm³/mol. The average molecular weight is 230 g/mol. The van der Waals surface area contributed by atoms with Crippen LogP contribution in [-0.4, -0.2) is 40.4 Å². The minimum atomic E-state index is -2.54. The summed E-state index contributed by atoms with van der Waals surface area (Å²) in [6.07, 6.45) is 3.05. The third kappa shape index (κ3) is 3.18. The van der Waals surface area contributed by atoms with Crippen molar-refractivity contribution in [3.63, 3.8) is 0 Å². The zero-order valence-corrected chi connectivity index (χ0v) is 9.27. The van der Waals surface area contributed by atoms with Crippen LogP contribution in [0.2, 0.25) is 0 Å². The summed E-state index contributed by atoms with van der Waals surface area (Å²) in [7, 11) is 0. The molecule has 1 aliphatic rings. The third-order valence-electron chi connectivity index (χ3n) is 2.58. The van der Waals surface area contributed by atoms with Gasteiger partial charge in [0.25, 0.3) is 11.7 Å². The molecule has 16 heavy (non-hydrogen) atoms. The van der Waals surface area contributed by atoms with Gasteiger partial charge >= 0.3 is 0 Å². The number of carbonyl (C=O) groups excluding carboxylic acids is 2. The average Bonchev–Trinajstić information content (AvgIpc) is 3.01. The number of amides is 2. The Kier molecular flexibility index (Phi) is 4.26. The highest BCUT2D eigenvalue weighted by molar-refractivity contribution is 5.84. The molecular formula is C10H18N2O4. The molecule has 1 rings (SSSR count). The summed E-state index contributed by atoms with van der Waals surface area (Å²) >= 11 is 0. The van der Waals surface area contributed by atoms with Gasteiger partial charge in [0.1, 0.15) is 0 Å². The zero-order chi connectivity index (χ0) is 12.2. The van der Waals surface area contributed by atoms with E-state index < -0.39 is 17.7 Å². The van der Waals surface area contributed by atoms with Crippen molar-refractivity contribution in [2.45, 2.75) is 50.5 Å². The predicted octanol–water partition coefficient (Wildman–Crippen LogP) is -1.14. The Hall–Kier alpha value is -1.14. The number of nitrogens with one attached hydrogen (secondary N) is 2. The van der Waals surface area contributed by atoms with Crippen molar-refractivity contribution in [2.24, 2.45) is 0 Å². The summed E-state index contributed by atoms with van der Waals surface area (Å²) in [5, 5.41) is 24.2. The van der Waals surface area contributed by atoms with Gasteiger partial charge in [-0.3, -0.25) is 9.59 Å². The van der Waals surface area contributed by atoms with Crippen molar-refractivity contribution < 1.29 is 19.8 Å². The van der Waals surface area contributed by atoms with Crippen molar-refractivity contribution in [2.75, 3.05) is 0 Å². The minimum absolute atomic E-state index is 0.0460. The van der Waals surface area contributed by atoms with E-state index in [1.54, 1.807) is 0 Å². The summed E-state index contributed by atoms with van der Waals surface area (Å²) in [5.74, 6) is -3.39. The van der Waals surface area contributed by atoms with Crippen LogP contribution in [0.25, 0.3) is 0 Å². The normalized spacial score (nSPS) is 17.7. The molecule has 2 amide bonds. The summed E-state index contributed by atoms with van der Waals surface area (Å²) in [5.41, 5.74) is 0. The molecule has 0 bridgehead atoms. The van der Waals surface area contributed by atoms with E-state index in [0.29, 0.717) is 19.3 Å². The van der Waals surface area contributed by atoms with Gasteiger partial charge < -0.3 is 20.8 Å². The zero-order valence-electron chi connectivity index (χ0n) is 9.27. The Bertz CT molecular complexity index is 264. The monoisotopic (exact) mass is 230 g/mol. The highest BCUT2D eigenvalue weighted by Crippen LogP contribution is 2.21. The maximum absolute atomic E-state index is 11.5. The summed E-state index contributed by atoms with van der Waals surface area (Å²) in [4.78, 5) is 21.9. The van der Waals surface area contributed by atoms with Crippen LogP contribution in [0, 0.1) is 0 Å². The third-order valence-corrected chi connectivity index (χ3v) is 2.58. The van der Waals surface area contributed by atoms with Crippen LogP contribution < -0.4 is 10.6 Å². The smallest absolute Gasteiger partial charge is 0.282 e. The van der Waals surface area contributed by atoms with E-state index in [1.165, 1.54) is 0 Å². The van der Waals surface area contributed by atoms with Crippen LogP contribution >= 0.6 is 0 Å². The van der Waals surface area contributed by atoms with Gasteiger partial charge in [0.2, 0.25) is 6.41 Å². The largest absolute Gasteiger partial charge is 0.357 e. The fourth-order valence-electron chi connectivity index (χ4n) is 1.45. The van der Waals surface area contributed by atoms with Crippen LogP contribution in [0.3, 0.4) is 0 Å². The first kappa shape index (κ1) is 12.9. The fourth-order valence-corrected chi connectivity index (χ4v) is 1.45. The second-order valence-corrected chi connectivity index (χ2v) is 4.10. The lowest BCUT2D eigenvalue weighted by Crippen LogP contribution is -2.60. The van der Waals surface area contributed by atoms with Crippen LogP contribution in [0.5, 0.6) is 0 Å². The first-order valence-corrected chi connectivity index (χ1v) is 5.47. The molecule has 0 saturated heterocycles. The molecule has 0 aromatic heterocycles. The molecule has 1 atom stereocenters. The quantitative estimate of drug-likeness (QED) is 0.328. The maximum Gasteiger partial charge on any atom is 0.282 e. The highest BCUT2D eigenvalue weighted by Gasteiger charge is 2.43. The molecule has 1 aliphatic carbocycles. The van der Waals surface area contributed by atoms with Crippen molar-refractivity contribution >= 4 is 12.3 Å². The maximum atomic E-state index is 11.5. The number of carbonyl (C=O) groups is 2. The molecule has 0 aliphatic heterocycles. The Morgan fingerprint density at radius 2 is 2.19 bits per heavy atom. The van der Waals surface area contributed by atoms with Gasteiger partial charge in [-0.05, 0) is 19.3 Å². The first-order chi connectivity index (χ1) is 7.52. The molecule has 0 unspecified atom stereocenters. The Morgan fingerprint density at radius 1 is 1.56 bits per heavy atom. The summed E-state index contributed by atoms with van der Waals surface area (Å²) < 4.78 is 0. The van der Waals surface area contributed by atoms with Crippen LogP contribution in [0.4, 0.5) is 0 Å². The van der Waals surface area contributed by atoms with Gasteiger partial charge in [-0.15, -0.1) is 0 Å². The lowest BCUT2D eigenvalue weighted by molar-refractivity contribution is -0.197. The summed E-state index contributed by atoms with van der Waals surface area (Å²) in [6, 6.07) is -0.932. The molecule has 92 valence electrons. The van der Waals surface area contributed by atoms with Gasteiger partial charge in [-0.2, -0.15) is 0 Å².